The molecule has 0 atom stereocenters. The Hall–Kier alpha value is -1.86. The Bertz CT molecular complexity index is 471. The van der Waals surface area contributed by atoms with Gasteiger partial charge in [-0.1, -0.05) is 26.0 Å². The number of nitrogens with zero attached hydrogens (tertiary/aromatic N) is 1. The van der Waals surface area contributed by atoms with E-state index >= 15 is 0 Å². The van der Waals surface area contributed by atoms with Crippen molar-refractivity contribution in [1.82, 2.24) is 0 Å². The molecule has 0 aliphatic rings. The number of nitrogens with two attached hydrogens (primary N) is 1. The van der Waals surface area contributed by atoms with E-state index in [2.05, 4.69) is 25.2 Å². The summed E-state index contributed by atoms with van der Waals surface area (Å²) in [5.41, 5.74) is 7.38. The number of anilines is 1. The molecule has 1 amide bonds. The molecule has 0 saturated heterocycles. The lowest BCUT2D eigenvalue weighted by molar-refractivity contribution is -0.116. The maximum Gasteiger partial charge on any atom is 0.224 e. The molecule has 108 valence electrons. The molecule has 0 bridgehead atoms. The molecule has 0 radical (unpaired) electrons. The van der Waals surface area contributed by atoms with Crippen LogP contribution >= 0.6 is 0 Å². The highest BCUT2D eigenvalue weighted by Crippen LogP contribution is 2.26. The predicted octanol–water partition coefficient (Wildman–Crippen LogP) is 2.85. The third kappa shape index (κ3) is 5.85. The van der Waals surface area contributed by atoms with Gasteiger partial charge in [-0.3, -0.25) is 4.79 Å². The normalized spacial score (nSPS) is 10.9. The Balaban J connectivity index is 2.44. The van der Waals surface area contributed by atoms with Crippen molar-refractivity contribution in [2.45, 2.75) is 39.5 Å². The second-order valence-corrected chi connectivity index (χ2v) is 5.78. The summed E-state index contributed by atoms with van der Waals surface area (Å²) < 4.78 is 0. The van der Waals surface area contributed by atoms with Crippen LogP contribution in [0.5, 0.6) is 0 Å². The van der Waals surface area contributed by atoms with Crippen LogP contribution in [0, 0.1) is 16.7 Å². The van der Waals surface area contributed by atoms with Crippen LogP contribution in [0.3, 0.4) is 0 Å². The smallest absolute Gasteiger partial charge is 0.224 e. The molecule has 1 aromatic rings. The first-order valence-electron chi connectivity index (χ1n) is 6.93. The van der Waals surface area contributed by atoms with E-state index in [0.29, 0.717) is 19.4 Å². The molecule has 4 heteroatoms. The SMILES string of the molecule is CC(C)(CCN)CCC(=O)Nc1ccc(CC#N)cc1. The van der Waals surface area contributed by atoms with Gasteiger partial charge in [-0.15, -0.1) is 0 Å². The second kappa shape index (κ2) is 7.66. The molecule has 0 heterocycles. The van der Waals surface area contributed by atoms with Gasteiger partial charge in [0.25, 0.3) is 0 Å². The zero-order chi connectivity index (χ0) is 15.0. The molecule has 1 aromatic carbocycles. The van der Waals surface area contributed by atoms with E-state index < -0.39 is 0 Å². The summed E-state index contributed by atoms with van der Waals surface area (Å²) in [5.74, 6) is 0.0168. The van der Waals surface area contributed by atoms with E-state index in [-0.39, 0.29) is 11.3 Å². The van der Waals surface area contributed by atoms with Gasteiger partial charge in [-0.2, -0.15) is 5.26 Å². The second-order valence-electron chi connectivity index (χ2n) is 5.78. The Morgan fingerprint density at radius 1 is 1.30 bits per heavy atom. The number of benzene rings is 1. The summed E-state index contributed by atoms with van der Waals surface area (Å²) in [5, 5.41) is 11.5. The highest BCUT2D eigenvalue weighted by atomic mass is 16.1. The van der Waals surface area contributed by atoms with Crippen LogP contribution in [0.2, 0.25) is 0 Å². The molecule has 0 aliphatic heterocycles. The minimum atomic E-state index is 0.0168. The van der Waals surface area contributed by atoms with Crippen molar-refractivity contribution in [1.29, 1.82) is 5.26 Å². The van der Waals surface area contributed by atoms with Crippen molar-refractivity contribution < 1.29 is 4.79 Å². The van der Waals surface area contributed by atoms with Crippen LogP contribution < -0.4 is 11.1 Å². The molecule has 0 fully saturated rings. The average Bonchev–Trinajstić information content (AvgIpc) is 2.39. The van der Waals surface area contributed by atoms with Crippen LogP contribution in [0.1, 0.15) is 38.7 Å². The molecule has 0 aliphatic carbocycles. The fraction of sp³-hybridized carbons (Fsp3) is 0.500. The van der Waals surface area contributed by atoms with Gasteiger partial charge >= 0.3 is 0 Å². The Morgan fingerprint density at radius 2 is 1.95 bits per heavy atom. The zero-order valence-corrected chi connectivity index (χ0v) is 12.3. The van der Waals surface area contributed by atoms with Gasteiger partial charge in [-0.05, 0) is 42.5 Å². The van der Waals surface area contributed by atoms with E-state index in [1.807, 2.05) is 24.3 Å². The van der Waals surface area contributed by atoms with Crippen LogP contribution in [-0.2, 0) is 11.2 Å². The molecule has 0 saturated carbocycles. The maximum atomic E-state index is 11.9. The average molecular weight is 273 g/mol. The minimum Gasteiger partial charge on any atom is -0.330 e. The van der Waals surface area contributed by atoms with Gasteiger partial charge in [-0.25, -0.2) is 0 Å². The van der Waals surface area contributed by atoms with Crippen LogP contribution in [0.25, 0.3) is 0 Å². The number of carbonyl (C=O) groups excluding carboxylic acids is 1. The van der Waals surface area contributed by atoms with Gasteiger partial charge in [0.1, 0.15) is 0 Å². The van der Waals surface area contributed by atoms with Crippen molar-refractivity contribution in [2.75, 3.05) is 11.9 Å². The van der Waals surface area contributed by atoms with Gasteiger partial charge in [0.05, 0.1) is 12.5 Å². The van der Waals surface area contributed by atoms with E-state index in [1.165, 1.54) is 0 Å². The summed E-state index contributed by atoms with van der Waals surface area (Å²) >= 11 is 0. The number of carbonyl (C=O) groups is 1. The standard InChI is InChI=1S/C16H23N3O/c1-16(2,10-12-18)9-7-15(20)19-14-5-3-13(4-6-14)8-11-17/h3-6H,7-10,12,18H2,1-2H3,(H,19,20). The van der Waals surface area contributed by atoms with E-state index in [9.17, 15) is 4.79 Å². The summed E-state index contributed by atoms with van der Waals surface area (Å²) in [6, 6.07) is 9.47. The van der Waals surface area contributed by atoms with Crippen LogP contribution in [0.4, 0.5) is 5.69 Å². The summed E-state index contributed by atoms with van der Waals surface area (Å²) in [7, 11) is 0. The molecule has 4 nitrogen and oxygen atoms in total. The Morgan fingerprint density at radius 3 is 2.50 bits per heavy atom. The number of hydrogen-bond acceptors (Lipinski definition) is 3. The number of nitriles is 1. The Kier molecular flexibility index (Phi) is 6.20. The number of nitrogens with one attached hydrogen (secondary N) is 1. The van der Waals surface area contributed by atoms with Crippen molar-refractivity contribution >= 4 is 11.6 Å². The maximum absolute atomic E-state index is 11.9. The third-order valence-corrected chi connectivity index (χ3v) is 3.37. The largest absolute Gasteiger partial charge is 0.330 e. The van der Waals surface area contributed by atoms with Crippen molar-refractivity contribution in [3.63, 3.8) is 0 Å². The monoisotopic (exact) mass is 273 g/mol. The summed E-state index contributed by atoms with van der Waals surface area (Å²) in [4.78, 5) is 11.9. The first-order chi connectivity index (χ1) is 9.46. The lowest BCUT2D eigenvalue weighted by Gasteiger charge is -2.23. The highest BCUT2D eigenvalue weighted by molar-refractivity contribution is 5.90. The molecule has 0 spiro atoms. The van der Waals surface area contributed by atoms with Crippen LogP contribution in [-0.4, -0.2) is 12.5 Å². The summed E-state index contributed by atoms with van der Waals surface area (Å²) in [6.07, 6.45) is 2.63. The zero-order valence-electron chi connectivity index (χ0n) is 12.3. The molecule has 0 aromatic heterocycles. The third-order valence-electron chi connectivity index (χ3n) is 3.37. The number of rotatable bonds is 7. The number of amides is 1. The molecule has 3 N–H and O–H groups in total. The van der Waals surface area contributed by atoms with Gasteiger partial charge in [0, 0.05) is 12.1 Å². The number of hydrogen-bond donors (Lipinski definition) is 2. The summed E-state index contributed by atoms with van der Waals surface area (Å²) in [6.45, 7) is 4.91. The van der Waals surface area contributed by atoms with Gasteiger partial charge in [0.2, 0.25) is 5.91 Å². The Labute approximate surface area is 121 Å². The first-order valence-corrected chi connectivity index (χ1v) is 6.93. The molecular weight excluding hydrogens is 250 g/mol. The predicted molar refractivity (Wildman–Crippen MR) is 81.1 cm³/mol. The molecule has 0 unspecified atom stereocenters. The molecule has 1 rings (SSSR count). The van der Waals surface area contributed by atoms with E-state index in [4.69, 9.17) is 11.0 Å². The topological polar surface area (TPSA) is 78.9 Å². The highest BCUT2D eigenvalue weighted by Gasteiger charge is 2.18. The van der Waals surface area contributed by atoms with Gasteiger partial charge in [0.15, 0.2) is 0 Å². The molecular formula is C16H23N3O. The fourth-order valence-electron chi connectivity index (χ4n) is 1.99. The fourth-order valence-corrected chi connectivity index (χ4v) is 1.99. The molecule has 20 heavy (non-hydrogen) atoms. The van der Waals surface area contributed by atoms with E-state index in [1.54, 1.807) is 0 Å². The van der Waals surface area contributed by atoms with Crippen molar-refractivity contribution in [3.05, 3.63) is 29.8 Å². The lowest BCUT2D eigenvalue weighted by atomic mass is 9.84. The first kappa shape index (κ1) is 16.2. The lowest BCUT2D eigenvalue weighted by Crippen LogP contribution is -2.20. The van der Waals surface area contributed by atoms with Crippen LogP contribution in [0.15, 0.2) is 24.3 Å². The van der Waals surface area contributed by atoms with Crippen molar-refractivity contribution in [2.24, 2.45) is 11.1 Å². The van der Waals surface area contributed by atoms with Crippen molar-refractivity contribution in [3.8, 4) is 6.07 Å². The quantitative estimate of drug-likeness (QED) is 0.801. The van der Waals surface area contributed by atoms with E-state index in [0.717, 1.165) is 24.1 Å². The van der Waals surface area contributed by atoms with Gasteiger partial charge < -0.3 is 11.1 Å². The minimum absolute atomic E-state index is 0.0168.